The lowest BCUT2D eigenvalue weighted by molar-refractivity contribution is -0.137. The number of rotatable bonds is 6. The largest absolute Gasteiger partial charge is 0.349 e. The van der Waals surface area contributed by atoms with Crippen LogP contribution >= 0.6 is 11.3 Å². The number of nitrogens with zero attached hydrogens (tertiary/aromatic N) is 3. The van der Waals surface area contributed by atoms with E-state index < -0.39 is 0 Å². The van der Waals surface area contributed by atoms with E-state index in [1.54, 1.807) is 0 Å². The van der Waals surface area contributed by atoms with Crippen molar-refractivity contribution in [1.29, 1.82) is 0 Å². The van der Waals surface area contributed by atoms with Gasteiger partial charge in [-0.3, -0.25) is 14.5 Å². The van der Waals surface area contributed by atoms with Crippen molar-refractivity contribution in [3.63, 3.8) is 0 Å². The van der Waals surface area contributed by atoms with E-state index in [0.29, 0.717) is 18.1 Å². The highest BCUT2D eigenvalue weighted by Gasteiger charge is 2.29. The minimum Gasteiger partial charge on any atom is -0.349 e. The third kappa shape index (κ3) is 5.08. The van der Waals surface area contributed by atoms with E-state index in [9.17, 15) is 9.59 Å². The standard InChI is InChI=1S/C23H30N4O2S/c1-17-6-8-18(9-7-17)22-25-20(16-30-22)21(28)24-10-11-26-12-14-27(15-13-26)23(29)19-4-2-3-5-19/h6-9,16,19H,2-5,10-15H2,1H3,(H,24,28). The number of carbonyl (C=O) groups is 2. The van der Waals surface area contributed by atoms with Gasteiger partial charge in [-0.05, 0) is 19.8 Å². The normalized spacial score (nSPS) is 18.0. The fraction of sp³-hybridized carbons (Fsp3) is 0.522. The Morgan fingerprint density at radius 2 is 1.80 bits per heavy atom. The van der Waals surface area contributed by atoms with E-state index in [4.69, 9.17) is 0 Å². The maximum Gasteiger partial charge on any atom is 0.270 e. The lowest BCUT2D eigenvalue weighted by Crippen LogP contribution is -2.51. The predicted molar refractivity (Wildman–Crippen MR) is 120 cm³/mol. The number of nitrogens with one attached hydrogen (secondary N) is 1. The average molecular weight is 427 g/mol. The van der Waals surface area contributed by atoms with Crippen LogP contribution in [0, 0.1) is 12.8 Å². The van der Waals surface area contributed by atoms with E-state index in [-0.39, 0.29) is 11.8 Å². The summed E-state index contributed by atoms with van der Waals surface area (Å²) >= 11 is 1.49. The van der Waals surface area contributed by atoms with Gasteiger partial charge in [-0.25, -0.2) is 4.98 Å². The van der Waals surface area contributed by atoms with Crippen LogP contribution in [0.3, 0.4) is 0 Å². The van der Waals surface area contributed by atoms with Gasteiger partial charge in [0.2, 0.25) is 5.91 Å². The first-order chi connectivity index (χ1) is 14.6. The molecule has 0 bridgehead atoms. The first kappa shape index (κ1) is 21.0. The van der Waals surface area contributed by atoms with Crippen molar-refractivity contribution in [2.45, 2.75) is 32.6 Å². The average Bonchev–Trinajstić information content (AvgIpc) is 3.47. The third-order valence-electron chi connectivity index (χ3n) is 6.14. The van der Waals surface area contributed by atoms with Crippen LogP contribution in [-0.4, -0.2) is 65.9 Å². The van der Waals surface area contributed by atoms with Crippen molar-refractivity contribution in [3.8, 4) is 10.6 Å². The molecule has 1 aromatic heterocycles. The molecule has 1 saturated carbocycles. The second-order valence-corrected chi connectivity index (χ2v) is 9.17. The highest BCUT2D eigenvalue weighted by atomic mass is 32.1. The van der Waals surface area contributed by atoms with Crippen LogP contribution < -0.4 is 5.32 Å². The summed E-state index contributed by atoms with van der Waals surface area (Å²) in [6.45, 7) is 6.80. The van der Waals surface area contributed by atoms with E-state index in [1.165, 1.54) is 29.7 Å². The van der Waals surface area contributed by atoms with Crippen LogP contribution in [0.2, 0.25) is 0 Å². The molecule has 30 heavy (non-hydrogen) atoms. The van der Waals surface area contributed by atoms with E-state index in [2.05, 4.69) is 34.3 Å². The quantitative estimate of drug-likeness (QED) is 0.771. The summed E-state index contributed by atoms with van der Waals surface area (Å²) in [4.78, 5) is 33.8. The number of aromatic nitrogens is 1. The zero-order chi connectivity index (χ0) is 20.9. The number of carbonyl (C=O) groups excluding carboxylic acids is 2. The lowest BCUT2D eigenvalue weighted by atomic mass is 10.1. The molecule has 1 aliphatic carbocycles. The molecule has 0 radical (unpaired) electrons. The van der Waals surface area contributed by atoms with Gasteiger partial charge in [0, 0.05) is 56.1 Å². The molecule has 2 fully saturated rings. The summed E-state index contributed by atoms with van der Waals surface area (Å²) in [6, 6.07) is 8.18. The van der Waals surface area contributed by atoms with Crippen LogP contribution in [0.4, 0.5) is 0 Å². The Hall–Kier alpha value is -2.25. The molecular formula is C23H30N4O2S. The molecule has 1 aliphatic heterocycles. The molecule has 1 saturated heterocycles. The van der Waals surface area contributed by atoms with Crippen LogP contribution in [0.15, 0.2) is 29.6 Å². The zero-order valence-electron chi connectivity index (χ0n) is 17.6. The molecule has 0 spiro atoms. The Morgan fingerprint density at radius 3 is 2.50 bits per heavy atom. The number of amides is 2. The van der Waals surface area contributed by atoms with Crippen molar-refractivity contribution >= 4 is 23.2 Å². The number of hydrogen-bond donors (Lipinski definition) is 1. The molecule has 2 heterocycles. The van der Waals surface area contributed by atoms with Crippen LogP contribution in [-0.2, 0) is 4.79 Å². The highest BCUT2D eigenvalue weighted by molar-refractivity contribution is 7.13. The van der Waals surface area contributed by atoms with Gasteiger partial charge in [0.05, 0.1) is 0 Å². The number of hydrogen-bond acceptors (Lipinski definition) is 5. The smallest absolute Gasteiger partial charge is 0.270 e. The first-order valence-electron chi connectivity index (χ1n) is 10.9. The predicted octanol–water partition coefficient (Wildman–Crippen LogP) is 3.18. The zero-order valence-corrected chi connectivity index (χ0v) is 18.4. The van der Waals surface area contributed by atoms with Crippen LogP contribution in [0.5, 0.6) is 0 Å². The van der Waals surface area contributed by atoms with Gasteiger partial charge in [-0.1, -0.05) is 42.7 Å². The van der Waals surface area contributed by atoms with Gasteiger partial charge in [-0.15, -0.1) is 11.3 Å². The fourth-order valence-electron chi connectivity index (χ4n) is 4.25. The third-order valence-corrected chi connectivity index (χ3v) is 7.03. The van der Waals surface area contributed by atoms with E-state index in [0.717, 1.165) is 56.1 Å². The van der Waals surface area contributed by atoms with Gasteiger partial charge >= 0.3 is 0 Å². The summed E-state index contributed by atoms with van der Waals surface area (Å²) in [7, 11) is 0. The van der Waals surface area contributed by atoms with Gasteiger partial charge in [0.1, 0.15) is 10.7 Å². The molecule has 2 aliphatic rings. The topological polar surface area (TPSA) is 65.5 Å². The van der Waals surface area contributed by atoms with E-state index >= 15 is 0 Å². The van der Waals surface area contributed by atoms with Crippen molar-refractivity contribution in [3.05, 3.63) is 40.9 Å². The van der Waals surface area contributed by atoms with Crippen LogP contribution in [0.25, 0.3) is 10.6 Å². The van der Waals surface area contributed by atoms with Crippen molar-refractivity contribution in [1.82, 2.24) is 20.1 Å². The number of benzene rings is 1. The summed E-state index contributed by atoms with van der Waals surface area (Å²) in [5, 5.41) is 5.66. The molecule has 6 nitrogen and oxygen atoms in total. The van der Waals surface area contributed by atoms with Gasteiger partial charge in [0.25, 0.3) is 5.91 Å². The van der Waals surface area contributed by atoms with Crippen molar-refractivity contribution in [2.75, 3.05) is 39.3 Å². The first-order valence-corrected chi connectivity index (χ1v) is 11.8. The van der Waals surface area contributed by atoms with Gasteiger partial charge < -0.3 is 10.2 Å². The molecule has 2 amide bonds. The Labute approximate surface area is 182 Å². The Kier molecular flexibility index (Phi) is 6.79. The Balaban J connectivity index is 1.19. The lowest BCUT2D eigenvalue weighted by Gasteiger charge is -2.36. The van der Waals surface area contributed by atoms with Crippen molar-refractivity contribution < 1.29 is 9.59 Å². The number of aryl methyl sites for hydroxylation is 1. The summed E-state index contributed by atoms with van der Waals surface area (Å²) in [6.07, 6.45) is 4.52. The molecule has 2 aromatic rings. The second-order valence-electron chi connectivity index (χ2n) is 8.31. The minimum absolute atomic E-state index is 0.125. The molecule has 160 valence electrons. The Bertz CT molecular complexity index is 866. The van der Waals surface area contributed by atoms with Gasteiger partial charge in [0.15, 0.2) is 0 Å². The number of thiazole rings is 1. The highest BCUT2D eigenvalue weighted by Crippen LogP contribution is 2.27. The van der Waals surface area contributed by atoms with Gasteiger partial charge in [-0.2, -0.15) is 0 Å². The summed E-state index contributed by atoms with van der Waals surface area (Å²) in [5.41, 5.74) is 2.72. The van der Waals surface area contributed by atoms with Crippen LogP contribution in [0.1, 0.15) is 41.7 Å². The minimum atomic E-state index is -0.125. The summed E-state index contributed by atoms with van der Waals surface area (Å²) in [5.74, 6) is 0.492. The molecule has 0 unspecified atom stereocenters. The maximum absolute atomic E-state index is 12.5. The molecule has 7 heteroatoms. The SMILES string of the molecule is Cc1ccc(-c2nc(C(=O)NCCN3CCN(C(=O)C4CCCC4)CC3)cs2)cc1. The second kappa shape index (κ2) is 9.71. The fourth-order valence-corrected chi connectivity index (χ4v) is 5.05. The Morgan fingerprint density at radius 1 is 1.10 bits per heavy atom. The number of piperazine rings is 1. The van der Waals surface area contributed by atoms with Crippen molar-refractivity contribution in [2.24, 2.45) is 5.92 Å². The molecule has 1 N–H and O–H groups in total. The molecule has 4 rings (SSSR count). The maximum atomic E-state index is 12.5. The van der Waals surface area contributed by atoms with E-state index in [1.807, 2.05) is 22.4 Å². The molecule has 0 atom stereocenters. The molecule has 1 aromatic carbocycles. The monoisotopic (exact) mass is 426 g/mol. The molecular weight excluding hydrogens is 396 g/mol. The summed E-state index contributed by atoms with van der Waals surface area (Å²) < 4.78 is 0.